The van der Waals surface area contributed by atoms with Gasteiger partial charge in [0, 0.05) is 0 Å². The van der Waals surface area contributed by atoms with E-state index >= 15 is 0 Å². The summed E-state index contributed by atoms with van der Waals surface area (Å²) in [7, 11) is 0. The van der Waals surface area contributed by atoms with Gasteiger partial charge in [-0.25, -0.2) is 0 Å². The maximum atomic E-state index is 5.99. The number of ether oxygens (including phenoxy) is 1. The lowest BCUT2D eigenvalue weighted by Crippen LogP contribution is -2.25. The number of hydrogen-bond donors (Lipinski definition) is 0. The van der Waals surface area contributed by atoms with Crippen molar-refractivity contribution in [3.05, 3.63) is 23.5 Å². The molecule has 0 amide bonds. The first-order valence-corrected chi connectivity index (χ1v) is 7.06. The van der Waals surface area contributed by atoms with E-state index in [1.807, 2.05) is 0 Å². The maximum Gasteiger partial charge on any atom is 0.117 e. The van der Waals surface area contributed by atoms with Gasteiger partial charge >= 0.3 is 0 Å². The second-order valence-electron chi connectivity index (χ2n) is 6.57. The van der Waals surface area contributed by atoms with E-state index in [0.29, 0.717) is 11.5 Å². The third-order valence-corrected chi connectivity index (χ3v) is 3.89. The predicted molar refractivity (Wildman–Crippen MR) is 72.8 cm³/mol. The highest BCUT2D eigenvalue weighted by molar-refractivity contribution is 5.11. The second kappa shape index (κ2) is 5.29. The Morgan fingerprint density at radius 1 is 1.24 bits per heavy atom. The van der Waals surface area contributed by atoms with Crippen molar-refractivity contribution in [2.45, 2.75) is 71.8 Å². The van der Waals surface area contributed by atoms with Crippen molar-refractivity contribution in [3.8, 4) is 0 Å². The summed E-state index contributed by atoms with van der Waals surface area (Å²) >= 11 is 0. The molecule has 2 aliphatic carbocycles. The van der Waals surface area contributed by atoms with Crippen LogP contribution in [-0.2, 0) is 4.74 Å². The van der Waals surface area contributed by atoms with Crippen LogP contribution in [0.3, 0.4) is 0 Å². The molecule has 0 saturated heterocycles. The molecule has 17 heavy (non-hydrogen) atoms. The van der Waals surface area contributed by atoms with E-state index in [1.165, 1.54) is 49.7 Å². The molecular weight excluding hydrogens is 208 g/mol. The van der Waals surface area contributed by atoms with Gasteiger partial charge < -0.3 is 4.74 Å². The molecule has 1 unspecified atom stereocenters. The summed E-state index contributed by atoms with van der Waals surface area (Å²) in [5.74, 6) is 0. The monoisotopic (exact) mass is 234 g/mol. The zero-order valence-electron chi connectivity index (χ0n) is 11.6. The van der Waals surface area contributed by atoms with Gasteiger partial charge in [-0.15, -0.1) is 0 Å². The van der Waals surface area contributed by atoms with Gasteiger partial charge in [-0.05, 0) is 62.5 Å². The SMILES string of the molecule is CC1=CC(OC=C2CCCCC2)CC(C)(C)C1. The average Bonchev–Trinajstić information content (AvgIpc) is 2.25. The fourth-order valence-electron chi connectivity index (χ4n) is 3.20. The average molecular weight is 234 g/mol. The maximum absolute atomic E-state index is 5.99. The molecule has 0 aromatic carbocycles. The first-order chi connectivity index (χ1) is 8.05. The molecule has 1 saturated carbocycles. The van der Waals surface area contributed by atoms with Gasteiger partial charge in [-0.3, -0.25) is 0 Å². The molecule has 0 heterocycles. The summed E-state index contributed by atoms with van der Waals surface area (Å²) in [6.45, 7) is 6.91. The Hall–Kier alpha value is -0.720. The highest BCUT2D eigenvalue weighted by Gasteiger charge is 2.27. The van der Waals surface area contributed by atoms with Crippen LogP contribution in [0, 0.1) is 5.41 Å². The minimum Gasteiger partial charge on any atom is -0.494 e. The largest absolute Gasteiger partial charge is 0.494 e. The van der Waals surface area contributed by atoms with Crippen LogP contribution < -0.4 is 0 Å². The van der Waals surface area contributed by atoms with Crippen LogP contribution in [0.15, 0.2) is 23.5 Å². The zero-order valence-corrected chi connectivity index (χ0v) is 11.6. The van der Waals surface area contributed by atoms with Crippen LogP contribution in [0.5, 0.6) is 0 Å². The Bertz CT molecular complexity index is 314. The molecule has 0 N–H and O–H groups in total. The normalized spacial score (nSPS) is 28.5. The van der Waals surface area contributed by atoms with E-state index in [1.54, 1.807) is 0 Å². The van der Waals surface area contributed by atoms with Gasteiger partial charge in [0.2, 0.25) is 0 Å². The van der Waals surface area contributed by atoms with Crippen molar-refractivity contribution in [1.82, 2.24) is 0 Å². The first-order valence-electron chi connectivity index (χ1n) is 7.06. The topological polar surface area (TPSA) is 9.23 Å². The van der Waals surface area contributed by atoms with E-state index in [9.17, 15) is 0 Å². The van der Waals surface area contributed by atoms with Crippen LogP contribution in [0.4, 0.5) is 0 Å². The Balaban J connectivity index is 1.92. The van der Waals surface area contributed by atoms with Gasteiger partial charge in [-0.2, -0.15) is 0 Å². The predicted octanol–water partition coefficient (Wildman–Crippen LogP) is 4.99. The molecule has 1 atom stereocenters. The van der Waals surface area contributed by atoms with Crippen molar-refractivity contribution >= 4 is 0 Å². The standard InChI is InChI=1S/C16H26O/c1-13-9-15(11-16(2,3)10-13)17-12-14-7-5-4-6-8-14/h9,12,15H,4-8,10-11H2,1-3H3. The lowest BCUT2D eigenvalue weighted by Gasteiger charge is -2.33. The van der Waals surface area contributed by atoms with E-state index in [0.717, 1.165) is 6.42 Å². The number of rotatable bonds is 2. The van der Waals surface area contributed by atoms with E-state index < -0.39 is 0 Å². The molecule has 0 bridgehead atoms. The molecule has 2 aliphatic rings. The van der Waals surface area contributed by atoms with Crippen molar-refractivity contribution in [2.24, 2.45) is 5.41 Å². The molecular formula is C16H26O. The molecule has 0 aromatic heterocycles. The van der Waals surface area contributed by atoms with Crippen LogP contribution in [0.2, 0.25) is 0 Å². The molecule has 1 fully saturated rings. The van der Waals surface area contributed by atoms with Crippen molar-refractivity contribution < 1.29 is 4.74 Å². The van der Waals surface area contributed by atoms with Gasteiger partial charge in [-0.1, -0.05) is 25.8 Å². The quantitative estimate of drug-likeness (QED) is 0.483. The molecule has 1 nitrogen and oxygen atoms in total. The zero-order chi connectivity index (χ0) is 12.3. The fraction of sp³-hybridized carbons (Fsp3) is 0.750. The molecule has 0 aliphatic heterocycles. The number of hydrogen-bond acceptors (Lipinski definition) is 1. The minimum atomic E-state index is 0.299. The summed E-state index contributed by atoms with van der Waals surface area (Å²) in [5, 5.41) is 0. The fourth-order valence-corrected chi connectivity index (χ4v) is 3.20. The Labute approximate surface area is 106 Å². The van der Waals surface area contributed by atoms with Gasteiger partial charge in [0.1, 0.15) is 6.10 Å². The summed E-state index contributed by atoms with van der Waals surface area (Å²) in [6, 6.07) is 0. The van der Waals surface area contributed by atoms with Crippen molar-refractivity contribution in [1.29, 1.82) is 0 Å². The molecule has 0 spiro atoms. The first kappa shape index (κ1) is 12.7. The summed E-state index contributed by atoms with van der Waals surface area (Å²) in [6.07, 6.45) is 13.6. The van der Waals surface area contributed by atoms with Gasteiger partial charge in [0.15, 0.2) is 0 Å². The summed E-state index contributed by atoms with van der Waals surface area (Å²) in [5.41, 5.74) is 3.40. The third-order valence-electron chi connectivity index (χ3n) is 3.89. The minimum absolute atomic E-state index is 0.299. The molecule has 2 rings (SSSR count). The van der Waals surface area contributed by atoms with Gasteiger partial charge in [0.05, 0.1) is 6.26 Å². The molecule has 96 valence electrons. The van der Waals surface area contributed by atoms with Crippen molar-refractivity contribution in [3.63, 3.8) is 0 Å². The van der Waals surface area contributed by atoms with E-state index in [4.69, 9.17) is 4.74 Å². The lowest BCUT2D eigenvalue weighted by molar-refractivity contribution is 0.115. The molecule has 0 radical (unpaired) electrons. The van der Waals surface area contributed by atoms with Crippen LogP contribution in [0.1, 0.15) is 65.7 Å². The van der Waals surface area contributed by atoms with Crippen LogP contribution >= 0.6 is 0 Å². The lowest BCUT2D eigenvalue weighted by atomic mass is 9.76. The van der Waals surface area contributed by atoms with E-state index in [2.05, 4.69) is 33.1 Å². The highest BCUT2D eigenvalue weighted by Crippen LogP contribution is 2.36. The van der Waals surface area contributed by atoms with E-state index in [-0.39, 0.29) is 0 Å². The van der Waals surface area contributed by atoms with Crippen molar-refractivity contribution in [2.75, 3.05) is 0 Å². The van der Waals surface area contributed by atoms with Gasteiger partial charge in [0.25, 0.3) is 0 Å². The second-order valence-corrected chi connectivity index (χ2v) is 6.57. The van der Waals surface area contributed by atoms with Crippen LogP contribution in [-0.4, -0.2) is 6.10 Å². The highest BCUT2D eigenvalue weighted by atomic mass is 16.5. The summed E-state index contributed by atoms with van der Waals surface area (Å²) in [4.78, 5) is 0. The summed E-state index contributed by atoms with van der Waals surface area (Å²) < 4.78 is 5.99. The smallest absolute Gasteiger partial charge is 0.117 e. The Morgan fingerprint density at radius 2 is 1.94 bits per heavy atom. The Morgan fingerprint density at radius 3 is 2.59 bits per heavy atom. The Kier molecular flexibility index (Phi) is 3.96. The third kappa shape index (κ3) is 3.90. The number of allylic oxidation sites excluding steroid dienone is 2. The molecule has 0 aromatic rings. The van der Waals surface area contributed by atoms with Crippen LogP contribution in [0.25, 0.3) is 0 Å². The molecule has 1 heteroatoms.